The highest BCUT2D eigenvalue weighted by atomic mass is 16.5. The predicted octanol–water partition coefficient (Wildman–Crippen LogP) is 1.56. The molecule has 2 N–H and O–H groups in total. The van der Waals surface area contributed by atoms with E-state index in [0.717, 1.165) is 43.9 Å². The minimum atomic E-state index is -0.192. The molecule has 2 rings (SSSR count). The fraction of sp³-hybridized carbons (Fsp3) is 0.632. The molecule has 2 heterocycles. The molecule has 0 saturated carbocycles. The van der Waals surface area contributed by atoms with Gasteiger partial charge in [-0.3, -0.25) is 14.6 Å². The van der Waals surface area contributed by atoms with Gasteiger partial charge in [-0.05, 0) is 39.2 Å². The highest BCUT2D eigenvalue weighted by Crippen LogP contribution is 2.18. The van der Waals surface area contributed by atoms with Crippen LogP contribution < -0.4 is 10.6 Å². The Bertz CT molecular complexity index is 648. The molecule has 1 aliphatic heterocycles. The number of likely N-dealkylation sites (tertiary alicyclic amines) is 1. The summed E-state index contributed by atoms with van der Waals surface area (Å²) < 4.78 is 10.3. The van der Waals surface area contributed by atoms with Crippen molar-refractivity contribution in [3.05, 3.63) is 23.7 Å². The third-order valence-electron chi connectivity index (χ3n) is 4.62. The second-order valence-corrected chi connectivity index (χ2v) is 6.53. The second-order valence-electron chi connectivity index (χ2n) is 6.53. The molecule has 0 unspecified atom stereocenters. The smallest absolute Gasteiger partial charge is 0.309 e. The van der Waals surface area contributed by atoms with Crippen LogP contribution in [0.4, 0.5) is 0 Å². The number of amides is 1. The number of guanidine groups is 1. The van der Waals surface area contributed by atoms with Gasteiger partial charge in [0.25, 0.3) is 5.91 Å². The minimum Gasteiger partial charge on any atom is -0.466 e. The summed E-state index contributed by atoms with van der Waals surface area (Å²) in [5.41, 5.74) is 0.831. The van der Waals surface area contributed by atoms with Crippen molar-refractivity contribution in [1.82, 2.24) is 15.5 Å². The van der Waals surface area contributed by atoms with Crippen LogP contribution in [0.25, 0.3) is 0 Å². The van der Waals surface area contributed by atoms with Crippen molar-refractivity contribution in [3.8, 4) is 0 Å². The van der Waals surface area contributed by atoms with Crippen molar-refractivity contribution in [2.75, 3.05) is 39.8 Å². The first kappa shape index (κ1) is 20.8. The van der Waals surface area contributed by atoms with Gasteiger partial charge in [-0.25, -0.2) is 0 Å². The van der Waals surface area contributed by atoms with Crippen LogP contribution in [0.15, 0.2) is 21.7 Å². The summed E-state index contributed by atoms with van der Waals surface area (Å²) >= 11 is 0. The molecule has 1 amide bonds. The van der Waals surface area contributed by atoms with Gasteiger partial charge in [-0.1, -0.05) is 0 Å². The number of nitrogens with zero attached hydrogens (tertiary/aromatic N) is 2. The number of hydrogen-bond donors (Lipinski definition) is 2. The van der Waals surface area contributed by atoms with Crippen LogP contribution >= 0.6 is 0 Å². The van der Waals surface area contributed by atoms with E-state index in [1.165, 1.54) is 6.26 Å². The van der Waals surface area contributed by atoms with Crippen LogP contribution in [-0.2, 0) is 9.53 Å². The molecule has 0 aliphatic carbocycles. The number of piperidine rings is 1. The third-order valence-corrected chi connectivity index (χ3v) is 4.62. The summed E-state index contributed by atoms with van der Waals surface area (Å²) in [4.78, 5) is 30.3. The largest absolute Gasteiger partial charge is 0.466 e. The van der Waals surface area contributed by atoms with Gasteiger partial charge in [-0.2, -0.15) is 0 Å². The first-order valence-corrected chi connectivity index (χ1v) is 9.51. The van der Waals surface area contributed by atoms with E-state index in [1.807, 2.05) is 13.8 Å². The zero-order chi connectivity index (χ0) is 19.6. The van der Waals surface area contributed by atoms with Crippen molar-refractivity contribution in [3.63, 3.8) is 0 Å². The molecule has 1 saturated heterocycles. The number of aryl methyl sites for hydroxylation is 1. The number of ether oxygens (including phenoxy) is 1. The van der Waals surface area contributed by atoms with Gasteiger partial charge in [0.2, 0.25) is 0 Å². The van der Waals surface area contributed by atoms with E-state index >= 15 is 0 Å². The van der Waals surface area contributed by atoms with Crippen molar-refractivity contribution >= 4 is 17.8 Å². The van der Waals surface area contributed by atoms with Gasteiger partial charge >= 0.3 is 5.97 Å². The number of carbonyl (C=O) groups is 2. The summed E-state index contributed by atoms with van der Waals surface area (Å²) in [5.74, 6) is 0.888. The lowest BCUT2D eigenvalue weighted by atomic mass is 9.97. The molecular formula is C19H30N4O4. The molecule has 1 aliphatic rings. The lowest BCUT2D eigenvalue weighted by Gasteiger charge is -2.33. The van der Waals surface area contributed by atoms with E-state index in [0.29, 0.717) is 25.5 Å². The number of aliphatic imine (C=N–C) groups is 1. The van der Waals surface area contributed by atoms with E-state index in [9.17, 15) is 9.59 Å². The predicted molar refractivity (Wildman–Crippen MR) is 103 cm³/mol. The molecule has 150 valence electrons. The van der Waals surface area contributed by atoms with Crippen LogP contribution in [0.3, 0.4) is 0 Å². The Kier molecular flexibility index (Phi) is 8.16. The van der Waals surface area contributed by atoms with Crippen molar-refractivity contribution in [1.29, 1.82) is 0 Å². The van der Waals surface area contributed by atoms with Gasteiger partial charge in [0, 0.05) is 38.8 Å². The zero-order valence-corrected chi connectivity index (χ0v) is 16.4. The van der Waals surface area contributed by atoms with Gasteiger partial charge in [-0.15, -0.1) is 0 Å². The average molecular weight is 378 g/mol. The van der Waals surface area contributed by atoms with Gasteiger partial charge in [0.1, 0.15) is 0 Å². The van der Waals surface area contributed by atoms with Crippen LogP contribution in [0.5, 0.6) is 0 Å². The molecule has 0 radical (unpaired) electrons. The normalized spacial score (nSPS) is 15.5. The summed E-state index contributed by atoms with van der Waals surface area (Å²) in [6.07, 6.45) is 3.83. The number of carbonyl (C=O) groups excluding carboxylic acids is 2. The third kappa shape index (κ3) is 6.01. The summed E-state index contributed by atoms with van der Waals surface area (Å²) in [6.45, 7) is 6.90. The molecule has 1 fully saturated rings. The Hall–Kier alpha value is -2.51. The van der Waals surface area contributed by atoms with Crippen LogP contribution in [0, 0.1) is 12.8 Å². The molecular weight excluding hydrogens is 348 g/mol. The highest BCUT2D eigenvalue weighted by molar-refractivity contribution is 5.92. The maximum Gasteiger partial charge on any atom is 0.309 e. The Morgan fingerprint density at radius 2 is 2.00 bits per heavy atom. The van der Waals surface area contributed by atoms with E-state index in [-0.39, 0.29) is 17.8 Å². The Morgan fingerprint density at radius 3 is 2.59 bits per heavy atom. The number of rotatable bonds is 7. The topological polar surface area (TPSA) is 96.2 Å². The zero-order valence-electron chi connectivity index (χ0n) is 16.4. The Labute approximate surface area is 160 Å². The van der Waals surface area contributed by atoms with E-state index in [2.05, 4.69) is 20.5 Å². The molecule has 0 bridgehead atoms. The molecule has 1 aromatic heterocycles. The molecule has 0 aromatic carbocycles. The first-order valence-electron chi connectivity index (χ1n) is 9.51. The van der Waals surface area contributed by atoms with E-state index in [1.54, 1.807) is 13.1 Å². The van der Waals surface area contributed by atoms with Crippen LogP contribution in [0.2, 0.25) is 0 Å². The minimum absolute atomic E-state index is 0.0143. The number of hydrogen-bond acceptors (Lipinski definition) is 5. The van der Waals surface area contributed by atoms with Crippen molar-refractivity contribution < 1.29 is 18.7 Å². The highest BCUT2D eigenvalue weighted by Gasteiger charge is 2.27. The molecule has 1 aromatic rings. The lowest BCUT2D eigenvalue weighted by Crippen LogP contribution is -2.47. The van der Waals surface area contributed by atoms with Gasteiger partial charge in [0.05, 0.1) is 18.8 Å². The maximum atomic E-state index is 12.0. The quantitative estimate of drug-likeness (QED) is 0.324. The maximum absolute atomic E-state index is 12.0. The van der Waals surface area contributed by atoms with Gasteiger partial charge < -0.3 is 24.7 Å². The standard InChI is InChI=1S/C19H30N4O4/c1-4-26-18(25)15-6-11-23(12-7-15)19(20-3)22-10-5-9-21-17(24)16-14(2)8-13-27-16/h8,13,15H,4-7,9-12H2,1-3H3,(H,20,22)(H,21,24). The fourth-order valence-electron chi connectivity index (χ4n) is 3.10. The summed E-state index contributed by atoms with van der Waals surface area (Å²) in [5, 5.41) is 6.16. The van der Waals surface area contributed by atoms with Crippen molar-refractivity contribution in [2.45, 2.75) is 33.1 Å². The number of nitrogens with one attached hydrogen (secondary N) is 2. The van der Waals surface area contributed by atoms with E-state index < -0.39 is 0 Å². The molecule has 8 nitrogen and oxygen atoms in total. The lowest BCUT2D eigenvalue weighted by molar-refractivity contribution is -0.149. The van der Waals surface area contributed by atoms with E-state index in [4.69, 9.17) is 9.15 Å². The second kappa shape index (κ2) is 10.6. The Balaban J connectivity index is 1.65. The van der Waals surface area contributed by atoms with Gasteiger partial charge in [0.15, 0.2) is 11.7 Å². The molecule has 8 heteroatoms. The van der Waals surface area contributed by atoms with Crippen LogP contribution in [0.1, 0.15) is 42.3 Å². The molecule has 0 spiro atoms. The SMILES string of the molecule is CCOC(=O)C1CCN(C(=NC)NCCCNC(=O)c2occc2C)CC1. The molecule has 0 atom stereocenters. The number of furan rings is 1. The monoisotopic (exact) mass is 378 g/mol. The summed E-state index contributed by atoms with van der Waals surface area (Å²) in [6, 6.07) is 1.77. The average Bonchev–Trinajstić information content (AvgIpc) is 3.11. The first-order chi connectivity index (χ1) is 13.1. The van der Waals surface area contributed by atoms with Crippen molar-refractivity contribution in [2.24, 2.45) is 10.9 Å². The summed E-state index contributed by atoms with van der Waals surface area (Å²) in [7, 11) is 1.75. The van der Waals surface area contributed by atoms with Crippen LogP contribution in [-0.4, -0.2) is 62.6 Å². The Morgan fingerprint density at radius 1 is 1.30 bits per heavy atom. The molecule has 27 heavy (non-hydrogen) atoms. The number of esters is 1. The fourth-order valence-corrected chi connectivity index (χ4v) is 3.10.